The summed E-state index contributed by atoms with van der Waals surface area (Å²) in [6, 6.07) is 19.4. The first-order valence-electron chi connectivity index (χ1n) is 11.6. The smallest absolute Gasteiger partial charge is 0.267 e. The number of amides is 2. The van der Waals surface area contributed by atoms with Gasteiger partial charge in [0.25, 0.3) is 5.91 Å². The minimum Gasteiger partial charge on any atom is -0.339 e. The SMILES string of the molecule is CC(C)CC(=O)N1CCN(C(=O)/C(C#N)=C2\SC=C(c3ccccc3)N2c2cccc(Cl)c2)CC1. The summed E-state index contributed by atoms with van der Waals surface area (Å²) in [6.45, 7) is 5.80. The van der Waals surface area contributed by atoms with Crippen LogP contribution in [0.3, 0.4) is 0 Å². The maximum Gasteiger partial charge on any atom is 0.267 e. The van der Waals surface area contributed by atoms with Gasteiger partial charge in [-0.3, -0.25) is 9.59 Å². The lowest BCUT2D eigenvalue weighted by molar-refractivity contribution is -0.138. The van der Waals surface area contributed by atoms with E-state index in [-0.39, 0.29) is 17.4 Å². The fraction of sp³-hybridized carbons (Fsp3) is 0.296. The van der Waals surface area contributed by atoms with E-state index in [2.05, 4.69) is 6.07 Å². The second kappa shape index (κ2) is 11.0. The number of nitriles is 1. The first-order valence-corrected chi connectivity index (χ1v) is 12.8. The number of hydrogen-bond donors (Lipinski definition) is 0. The average Bonchev–Trinajstić information content (AvgIpc) is 3.29. The maximum absolute atomic E-state index is 13.5. The van der Waals surface area contributed by atoms with E-state index in [1.165, 1.54) is 11.8 Å². The van der Waals surface area contributed by atoms with Gasteiger partial charge in [-0.1, -0.05) is 73.6 Å². The first-order chi connectivity index (χ1) is 16.9. The predicted molar refractivity (Wildman–Crippen MR) is 141 cm³/mol. The van der Waals surface area contributed by atoms with Gasteiger partial charge in [-0.15, -0.1) is 0 Å². The topological polar surface area (TPSA) is 67.6 Å². The van der Waals surface area contributed by atoms with Crippen LogP contribution >= 0.6 is 23.4 Å². The van der Waals surface area contributed by atoms with Gasteiger partial charge in [0.15, 0.2) is 0 Å². The quantitative estimate of drug-likeness (QED) is 0.404. The van der Waals surface area contributed by atoms with E-state index < -0.39 is 0 Å². The molecule has 2 aromatic rings. The van der Waals surface area contributed by atoms with Crippen molar-refractivity contribution >= 4 is 46.6 Å². The number of rotatable bonds is 5. The zero-order chi connectivity index (χ0) is 24.9. The molecule has 0 radical (unpaired) electrons. The van der Waals surface area contributed by atoms with Crippen molar-refractivity contribution in [2.75, 3.05) is 31.1 Å². The molecule has 6 nitrogen and oxygen atoms in total. The van der Waals surface area contributed by atoms with Crippen LogP contribution in [-0.4, -0.2) is 47.8 Å². The molecule has 2 aliphatic heterocycles. The Balaban J connectivity index is 1.62. The molecule has 0 N–H and O–H groups in total. The minimum atomic E-state index is -0.319. The van der Waals surface area contributed by atoms with Crippen molar-refractivity contribution in [2.45, 2.75) is 20.3 Å². The highest BCUT2D eigenvalue weighted by Gasteiger charge is 2.33. The Morgan fingerprint density at radius 1 is 1.03 bits per heavy atom. The standard InChI is InChI=1S/C27H27ClN4O2S/c1-19(2)15-25(33)30-11-13-31(14-12-30)26(34)23(17-29)27-32(22-10-6-9-21(28)16-22)24(18-35-27)20-7-4-3-5-8-20/h3-10,16,18-19H,11-15H2,1-2H3/b27-23-. The number of carbonyl (C=O) groups excluding carboxylic acids is 2. The molecule has 0 bridgehead atoms. The molecule has 1 fully saturated rings. The second-order valence-electron chi connectivity index (χ2n) is 8.87. The van der Waals surface area contributed by atoms with Crippen molar-refractivity contribution in [1.29, 1.82) is 5.26 Å². The molecule has 2 aliphatic rings. The van der Waals surface area contributed by atoms with Crippen LogP contribution < -0.4 is 4.90 Å². The van der Waals surface area contributed by atoms with Gasteiger partial charge in [-0.25, -0.2) is 0 Å². The summed E-state index contributed by atoms with van der Waals surface area (Å²) in [5.74, 6) is 0.0853. The summed E-state index contributed by atoms with van der Waals surface area (Å²) in [5.41, 5.74) is 2.70. The molecule has 2 aromatic carbocycles. The number of halogens is 1. The average molecular weight is 507 g/mol. The van der Waals surface area contributed by atoms with Crippen LogP contribution in [0.2, 0.25) is 5.02 Å². The van der Waals surface area contributed by atoms with Gasteiger partial charge in [0.05, 0.1) is 5.70 Å². The van der Waals surface area contributed by atoms with E-state index in [0.717, 1.165) is 16.9 Å². The fourth-order valence-electron chi connectivity index (χ4n) is 4.16. The molecule has 2 amide bonds. The number of hydrogen-bond acceptors (Lipinski definition) is 5. The van der Waals surface area contributed by atoms with Crippen molar-refractivity contribution in [1.82, 2.24) is 9.80 Å². The van der Waals surface area contributed by atoms with Crippen molar-refractivity contribution in [2.24, 2.45) is 5.92 Å². The highest BCUT2D eigenvalue weighted by molar-refractivity contribution is 8.06. The molecule has 0 saturated carbocycles. The monoisotopic (exact) mass is 506 g/mol. The third-order valence-corrected chi connectivity index (χ3v) is 7.09. The number of carbonyl (C=O) groups is 2. The lowest BCUT2D eigenvalue weighted by Crippen LogP contribution is -2.51. The van der Waals surface area contributed by atoms with Crippen LogP contribution in [-0.2, 0) is 9.59 Å². The zero-order valence-corrected chi connectivity index (χ0v) is 21.4. The summed E-state index contributed by atoms with van der Waals surface area (Å²) in [5, 5.41) is 13.2. The molecule has 4 rings (SSSR count). The van der Waals surface area contributed by atoms with E-state index in [4.69, 9.17) is 11.6 Å². The van der Waals surface area contributed by atoms with E-state index in [9.17, 15) is 14.9 Å². The summed E-state index contributed by atoms with van der Waals surface area (Å²) in [7, 11) is 0. The van der Waals surface area contributed by atoms with Gasteiger partial charge in [-0.05, 0) is 29.7 Å². The number of anilines is 1. The zero-order valence-electron chi connectivity index (χ0n) is 19.8. The summed E-state index contributed by atoms with van der Waals surface area (Å²) in [6.07, 6.45) is 0.501. The van der Waals surface area contributed by atoms with Crippen LogP contribution in [0.25, 0.3) is 5.70 Å². The van der Waals surface area contributed by atoms with Gasteiger partial charge >= 0.3 is 0 Å². The molecule has 180 valence electrons. The molecule has 0 aromatic heterocycles. The van der Waals surface area contributed by atoms with Gasteiger partial charge in [0.1, 0.15) is 16.7 Å². The van der Waals surface area contributed by atoms with Gasteiger partial charge in [0, 0.05) is 48.7 Å². The number of piperazine rings is 1. The largest absolute Gasteiger partial charge is 0.339 e. The highest BCUT2D eigenvalue weighted by Crippen LogP contribution is 2.45. The lowest BCUT2D eigenvalue weighted by atomic mass is 10.1. The maximum atomic E-state index is 13.5. The van der Waals surface area contributed by atoms with Crippen LogP contribution in [0.5, 0.6) is 0 Å². The molecular formula is C27H27ClN4O2S. The third kappa shape index (κ3) is 5.55. The summed E-state index contributed by atoms with van der Waals surface area (Å²) in [4.78, 5) is 31.3. The Morgan fingerprint density at radius 2 is 1.71 bits per heavy atom. The second-order valence-corrected chi connectivity index (χ2v) is 10.2. The fourth-order valence-corrected chi connectivity index (χ4v) is 5.37. The lowest BCUT2D eigenvalue weighted by Gasteiger charge is -2.35. The van der Waals surface area contributed by atoms with Gasteiger partial charge in [0.2, 0.25) is 5.91 Å². The van der Waals surface area contributed by atoms with Crippen molar-refractivity contribution in [3.8, 4) is 6.07 Å². The Bertz CT molecular complexity index is 1210. The van der Waals surface area contributed by atoms with E-state index in [0.29, 0.717) is 48.6 Å². The first kappa shape index (κ1) is 24.9. The summed E-state index contributed by atoms with van der Waals surface area (Å²) < 4.78 is 0. The van der Waals surface area contributed by atoms with E-state index >= 15 is 0 Å². The van der Waals surface area contributed by atoms with Gasteiger partial charge in [-0.2, -0.15) is 5.26 Å². The number of nitrogens with zero attached hydrogens (tertiary/aromatic N) is 4. The van der Waals surface area contributed by atoms with E-state index in [1.54, 1.807) is 15.9 Å². The molecule has 2 heterocycles. The Morgan fingerprint density at radius 3 is 2.34 bits per heavy atom. The minimum absolute atomic E-state index is 0.0825. The molecule has 0 unspecified atom stereocenters. The molecule has 0 spiro atoms. The van der Waals surface area contributed by atoms with Crippen LogP contribution in [0.4, 0.5) is 5.69 Å². The van der Waals surface area contributed by atoms with Crippen molar-refractivity contribution in [3.05, 3.63) is 81.2 Å². The summed E-state index contributed by atoms with van der Waals surface area (Å²) >= 11 is 7.65. The Hall–Kier alpha value is -3.21. The molecule has 35 heavy (non-hydrogen) atoms. The van der Waals surface area contributed by atoms with Crippen LogP contribution in [0.15, 0.2) is 70.6 Å². The van der Waals surface area contributed by atoms with Crippen molar-refractivity contribution < 1.29 is 9.59 Å². The van der Waals surface area contributed by atoms with Crippen molar-refractivity contribution in [3.63, 3.8) is 0 Å². The molecule has 8 heteroatoms. The Labute approximate surface area is 215 Å². The van der Waals surface area contributed by atoms with Crippen LogP contribution in [0.1, 0.15) is 25.8 Å². The molecule has 0 aliphatic carbocycles. The third-order valence-electron chi connectivity index (χ3n) is 5.90. The van der Waals surface area contributed by atoms with Gasteiger partial charge < -0.3 is 14.7 Å². The predicted octanol–water partition coefficient (Wildman–Crippen LogP) is 5.34. The normalized spacial score (nSPS) is 17.3. The number of thioether (sulfide) groups is 1. The molecular weight excluding hydrogens is 480 g/mol. The van der Waals surface area contributed by atoms with Crippen LogP contribution in [0, 0.1) is 17.2 Å². The highest BCUT2D eigenvalue weighted by atomic mass is 35.5. The number of benzene rings is 2. The Kier molecular flexibility index (Phi) is 7.84. The molecule has 1 saturated heterocycles. The molecule has 0 atom stereocenters. The van der Waals surface area contributed by atoms with E-state index in [1.807, 2.05) is 72.7 Å².